The van der Waals surface area contributed by atoms with Crippen LogP contribution in [0.15, 0.2) is 54.6 Å². The summed E-state index contributed by atoms with van der Waals surface area (Å²) in [4.78, 5) is 11.9. The second kappa shape index (κ2) is 14.4. The Kier molecular flexibility index (Phi) is 10.7. The Hall–Kier alpha value is -3.79. The summed E-state index contributed by atoms with van der Waals surface area (Å²) in [6.07, 6.45) is 6.41. The van der Waals surface area contributed by atoms with Crippen LogP contribution in [0.2, 0.25) is 0 Å². The maximum Gasteiger partial charge on any atom is 0.294 e. The average Bonchev–Trinajstić information content (AvgIpc) is 3.29. The maximum atomic E-state index is 11.6. The number of ether oxygens (including phenoxy) is 2. The number of unbranched alkanes of at least 4 members (excludes halogenated alkanes) is 3. The van der Waals surface area contributed by atoms with Crippen molar-refractivity contribution in [2.75, 3.05) is 31.1 Å². The number of pyridine rings is 1. The van der Waals surface area contributed by atoms with Crippen molar-refractivity contribution in [3.8, 4) is 17.5 Å². The van der Waals surface area contributed by atoms with E-state index in [2.05, 4.69) is 16.8 Å². The van der Waals surface area contributed by atoms with E-state index >= 15 is 0 Å². The van der Waals surface area contributed by atoms with Gasteiger partial charge in [-0.05, 0) is 67.1 Å². The molecule has 42 heavy (non-hydrogen) atoms. The van der Waals surface area contributed by atoms with Gasteiger partial charge < -0.3 is 19.5 Å². The first-order valence-corrected chi connectivity index (χ1v) is 16.5. The van der Waals surface area contributed by atoms with E-state index in [0.717, 1.165) is 59.5 Å². The van der Waals surface area contributed by atoms with E-state index in [9.17, 15) is 13.5 Å². The molecular weight excluding hydrogens is 552 g/mol. The van der Waals surface area contributed by atoms with Gasteiger partial charge in [0.25, 0.3) is 6.01 Å². The van der Waals surface area contributed by atoms with E-state index in [1.807, 2.05) is 54.6 Å². The smallest absolute Gasteiger partial charge is 0.294 e. The fourth-order valence-corrected chi connectivity index (χ4v) is 5.74. The van der Waals surface area contributed by atoms with E-state index in [1.54, 1.807) is 18.8 Å². The lowest BCUT2D eigenvalue weighted by atomic mass is 10.1. The van der Waals surface area contributed by atoms with Gasteiger partial charge in [-0.15, -0.1) is 0 Å². The minimum Gasteiger partial charge on any atom is -0.497 e. The van der Waals surface area contributed by atoms with Crippen molar-refractivity contribution in [1.82, 2.24) is 14.5 Å². The van der Waals surface area contributed by atoms with E-state index in [-0.39, 0.29) is 11.8 Å². The Morgan fingerprint density at radius 3 is 1.98 bits per heavy atom. The van der Waals surface area contributed by atoms with E-state index in [4.69, 9.17) is 14.5 Å². The minimum absolute atomic E-state index is 0.0908. The van der Waals surface area contributed by atoms with E-state index < -0.39 is 9.84 Å². The van der Waals surface area contributed by atoms with Gasteiger partial charge in [-0.1, -0.05) is 44.0 Å². The van der Waals surface area contributed by atoms with Crippen molar-refractivity contribution in [3.05, 3.63) is 71.4 Å². The van der Waals surface area contributed by atoms with Gasteiger partial charge in [-0.2, -0.15) is 4.98 Å². The fourth-order valence-electron chi connectivity index (χ4n) is 5.01. The summed E-state index contributed by atoms with van der Waals surface area (Å²) in [7, 11) is 0.261. The van der Waals surface area contributed by atoms with Gasteiger partial charge in [0.15, 0.2) is 5.82 Å². The second-order valence-corrected chi connectivity index (χ2v) is 13.0. The van der Waals surface area contributed by atoms with Crippen LogP contribution in [0.4, 0.5) is 5.82 Å². The highest BCUT2D eigenvalue weighted by Crippen LogP contribution is 2.32. The predicted octanol–water partition coefficient (Wildman–Crippen LogP) is 5.92. The molecular formula is C32H42N4O5S. The van der Waals surface area contributed by atoms with Crippen molar-refractivity contribution < 1.29 is 23.0 Å². The molecule has 0 fully saturated rings. The first-order chi connectivity index (χ1) is 20.2. The predicted molar refractivity (Wildman–Crippen MR) is 167 cm³/mol. The third-order valence-corrected chi connectivity index (χ3v) is 8.33. The summed E-state index contributed by atoms with van der Waals surface area (Å²) in [5, 5.41) is 11.0. The molecule has 0 bridgehead atoms. The quantitative estimate of drug-likeness (QED) is 0.159. The minimum atomic E-state index is -3.04. The number of methoxy groups -OCH3 is 2. The lowest BCUT2D eigenvalue weighted by Crippen LogP contribution is -2.24. The lowest BCUT2D eigenvalue weighted by molar-refractivity contribution is 0.399. The number of hydrogen-bond acceptors (Lipinski definition) is 8. The highest BCUT2D eigenvalue weighted by molar-refractivity contribution is 7.90. The van der Waals surface area contributed by atoms with E-state index in [0.29, 0.717) is 43.8 Å². The zero-order valence-corrected chi connectivity index (χ0v) is 25.9. The molecule has 0 aliphatic carbocycles. The maximum absolute atomic E-state index is 11.6. The SMILES string of the molecule is CCCCCc1cc2c(nc(O)n2CCCCS(C)(=O)=O)c(N(Cc2ccc(OC)cc2)Cc2ccc(OC)cc2)n1. The van der Waals surface area contributed by atoms with Gasteiger partial charge in [0, 0.05) is 37.3 Å². The molecule has 0 aliphatic rings. The highest BCUT2D eigenvalue weighted by Gasteiger charge is 2.21. The number of nitrogens with zero attached hydrogens (tertiary/aromatic N) is 4. The molecule has 0 saturated heterocycles. The summed E-state index contributed by atoms with van der Waals surface area (Å²) >= 11 is 0. The van der Waals surface area contributed by atoms with Crippen molar-refractivity contribution in [2.24, 2.45) is 0 Å². The summed E-state index contributed by atoms with van der Waals surface area (Å²) in [6, 6.07) is 17.9. The first-order valence-electron chi connectivity index (χ1n) is 14.5. The molecule has 0 radical (unpaired) electrons. The average molecular weight is 595 g/mol. The van der Waals surface area contributed by atoms with Crippen LogP contribution in [0.5, 0.6) is 17.5 Å². The Morgan fingerprint density at radius 1 is 0.857 bits per heavy atom. The summed E-state index contributed by atoms with van der Waals surface area (Å²) in [6.45, 7) is 3.78. The molecule has 10 heteroatoms. The molecule has 4 rings (SSSR count). The van der Waals surface area contributed by atoms with Crippen LogP contribution in [0.1, 0.15) is 55.8 Å². The number of hydrogen-bond donors (Lipinski definition) is 1. The van der Waals surface area contributed by atoms with Crippen molar-refractivity contribution >= 4 is 26.7 Å². The first kappa shape index (κ1) is 31.2. The van der Waals surface area contributed by atoms with Gasteiger partial charge in [-0.25, -0.2) is 13.4 Å². The zero-order valence-electron chi connectivity index (χ0n) is 25.0. The third kappa shape index (κ3) is 8.38. The molecule has 0 aliphatic heterocycles. The van der Waals surface area contributed by atoms with Gasteiger partial charge in [-0.3, -0.25) is 4.57 Å². The molecule has 0 saturated carbocycles. The second-order valence-electron chi connectivity index (χ2n) is 10.7. The number of sulfone groups is 1. The largest absolute Gasteiger partial charge is 0.497 e. The van der Waals surface area contributed by atoms with Crippen LogP contribution in [-0.2, 0) is 35.9 Å². The number of imidazole rings is 1. The Morgan fingerprint density at radius 2 is 1.45 bits per heavy atom. The Bertz CT molecular complexity index is 1500. The standard InChI is InChI=1S/C32H42N4O5S/c1-5-6-7-10-26-21-29-30(34-32(37)36(29)19-8-9-20-42(4,38)39)31(33-26)35(22-24-11-15-27(40-2)16-12-24)23-25-13-17-28(41-3)18-14-25/h11-18,21H,5-10,19-20,22-23H2,1-4H3,(H,34,37). The molecule has 2 aromatic carbocycles. The molecule has 226 valence electrons. The number of fused-ring (bicyclic) bond motifs is 1. The molecule has 2 aromatic heterocycles. The molecule has 0 spiro atoms. The number of anilines is 1. The normalized spacial score (nSPS) is 11.6. The van der Waals surface area contributed by atoms with Crippen LogP contribution in [0.25, 0.3) is 11.0 Å². The molecule has 0 atom stereocenters. The topological polar surface area (TPSA) is 107 Å². The number of aromatic nitrogens is 3. The highest BCUT2D eigenvalue weighted by atomic mass is 32.2. The van der Waals surface area contributed by atoms with Crippen LogP contribution < -0.4 is 14.4 Å². The molecule has 4 aromatic rings. The molecule has 0 unspecified atom stereocenters. The summed E-state index contributed by atoms with van der Waals surface area (Å²) in [5.74, 6) is 2.40. The molecule has 1 N–H and O–H groups in total. The van der Waals surface area contributed by atoms with Gasteiger partial charge in [0.05, 0.1) is 19.7 Å². The monoisotopic (exact) mass is 594 g/mol. The van der Waals surface area contributed by atoms with Crippen LogP contribution >= 0.6 is 0 Å². The number of benzene rings is 2. The Balaban J connectivity index is 1.76. The third-order valence-electron chi connectivity index (χ3n) is 7.30. The van der Waals surface area contributed by atoms with Crippen molar-refractivity contribution in [3.63, 3.8) is 0 Å². The molecule has 2 heterocycles. The molecule has 0 amide bonds. The Labute approximate surface area is 249 Å². The number of aromatic hydroxyl groups is 1. The van der Waals surface area contributed by atoms with E-state index in [1.165, 1.54) is 6.26 Å². The van der Waals surface area contributed by atoms with Crippen molar-refractivity contribution in [2.45, 2.75) is 65.1 Å². The number of aryl methyl sites for hydroxylation is 2. The summed E-state index contributed by atoms with van der Waals surface area (Å²) in [5.41, 5.74) is 4.53. The van der Waals surface area contributed by atoms with Crippen LogP contribution in [0, 0.1) is 0 Å². The van der Waals surface area contributed by atoms with Crippen LogP contribution in [-0.4, -0.2) is 54.3 Å². The summed E-state index contributed by atoms with van der Waals surface area (Å²) < 4.78 is 35.8. The van der Waals surface area contributed by atoms with Gasteiger partial charge >= 0.3 is 0 Å². The molecule has 9 nitrogen and oxygen atoms in total. The fraction of sp³-hybridized carbons (Fsp3) is 0.438. The lowest BCUT2D eigenvalue weighted by Gasteiger charge is -2.25. The van der Waals surface area contributed by atoms with Gasteiger partial charge in [0.2, 0.25) is 0 Å². The van der Waals surface area contributed by atoms with Gasteiger partial charge in [0.1, 0.15) is 26.9 Å². The zero-order chi connectivity index (χ0) is 30.1. The van der Waals surface area contributed by atoms with Crippen LogP contribution in [0.3, 0.4) is 0 Å². The number of rotatable bonds is 16. The van der Waals surface area contributed by atoms with Crippen molar-refractivity contribution in [1.29, 1.82) is 0 Å².